The second-order valence-electron chi connectivity index (χ2n) is 6.62. The van der Waals surface area contributed by atoms with Crippen LogP contribution >= 0.6 is 11.3 Å². The summed E-state index contributed by atoms with van der Waals surface area (Å²) in [6.07, 6.45) is 10.7. The van der Waals surface area contributed by atoms with Crippen LogP contribution in [-0.2, 0) is 13.0 Å². The van der Waals surface area contributed by atoms with Crippen molar-refractivity contribution in [3.8, 4) is 11.5 Å². The van der Waals surface area contributed by atoms with Crippen LogP contribution in [0.2, 0.25) is 0 Å². The highest BCUT2D eigenvalue weighted by Gasteiger charge is 2.21. The van der Waals surface area contributed by atoms with E-state index in [9.17, 15) is 0 Å². The minimum absolute atomic E-state index is 0.697. The first-order chi connectivity index (χ1) is 12.3. The third-order valence-electron chi connectivity index (χ3n) is 4.86. The lowest BCUT2D eigenvalue weighted by Gasteiger charge is -2.31. The van der Waals surface area contributed by atoms with Crippen molar-refractivity contribution >= 4 is 11.3 Å². The maximum absolute atomic E-state index is 4.58. The molecule has 4 heterocycles. The fourth-order valence-corrected chi connectivity index (χ4v) is 4.13. The average Bonchev–Trinajstić information content (AvgIpc) is 3.30. The van der Waals surface area contributed by atoms with Gasteiger partial charge in [-0.1, -0.05) is 0 Å². The second-order valence-corrected chi connectivity index (χ2v) is 7.55. The Morgan fingerprint density at radius 2 is 2.04 bits per heavy atom. The molecule has 1 N–H and O–H groups in total. The molecule has 130 valence electrons. The van der Waals surface area contributed by atoms with Gasteiger partial charge < -0.3 is 4.98 Å². The molecule has 0 aromatic carbocycles. The molecule has 7 heteroatoms. The fourth-order valence-electron chi connectivity index (χ4n) is 3.31. The first-order valence-electron chi connectivity index (χ1n) is 8.70. The van der Waals surface area contributed by atoms with E-state index >= 15 is 0 Å². The van der Waals surface area contributed by atoms with E-state index in [-0.39, 0.29) is 0 Å². The molecule has 1 saturated heterocycles. The van der Waals surface area contributed by atoms with Gasteiger partial charge in [-0.25, -0.2) is 15.0 Å². The van der Waals surface area contributed by atoms with Gasteiger partial charge in [0.1, 0.15) is 5.69 Å². The third-order valence-corrected chi connectivity index (χ3v) is 5.78. The standard InChI is InChI=1S/C18H22N6S/c1-13-17(25-12-23-13)11-24-6-2-14(3-7-24)8-15-9-22-16(10-21-15)18-19-4-5-20-18/h4-5,9-10,12,14H,2-3,6-8,11H2,1H3,(H,19,20). The van der Waals surface area contributed by atoms with Crippen LogP contribution in [0, 0.1) is 12.8 Å². The molecule has 0 unspecified atom stereocenters. The number of hydrogen-bond acceptors (Lipinski definition) is 6. The predicted octanol–water partition coefficient (Wildman–Crippen LogP) is 3.09. The number of imidazole rings is 1. The van der Waals surface area contributed by atoms with Gasteiger partial charge in [-0.3, -0.25) is 9.88 Å². The lowest BCUT2D eigenvalue weighted by atomic mass is 9.92. The normalized spacial score (nSPS) is 16.4. The number of nitrogens with zero attached hydrogens (tertiary/aromatic N) is 5. The van der Waals surface area contributed by atoms with Crippen LogP contribution in [0.3, 0.4) is 0 Å². The number of aryl methyl sites for hydroxylation is 1. The summed E-state index contributed by atoms with van der Waals surface area (Å²) in [7, 11) is 0. The lowest BCUT2D eigenvalue weighted by Crippen LogP contribution is -2.33. The number of aromatic nitrogens is 5. The van der Waals surface area contributed by atoms with Gasteiger partial charge in [-0.2, -0.15) is 0 Å². The number of thiazole rings is 1. The Balaban J connectivity index is 1.29. The highest BCUT2D eigenvalue weighted by molar-refractivity contribution is 7.09. The quantitative estimate of drug-likeness (QED) is 0.762. The minimum atomic E-state index is 0.697. The highest BCUT2D eigenvalue weighted by Crippen LogP contribution is 2.24. The number of likely N-dealkylation sites (tertiary alicyclic amines) is 1. The Labute approximate surface area is 151 Å². The number of H-pyrrole nitrogens is 1. The third kappa shape index (κ3) is 3.93. The summed E-state index contributed by atoms with van der Waals surface area (Å²) in [6.45, 7) is 5.45. The first-order valence-corrected chi connectivity index (χ1v) is 9.58. The zero-order valence-corrected chi connectivity index (χ0v) is 15.2. The molecule has 0 radical (unpaired) electrons. The van der Waals surface area contributed by atoms with Crippen molar-refractivity contribution in [2.45, 2.75) is 32.7 Å². The molecule has 0 aliphatic carbocycles. The van der Waals surface area contributed by atoms with Crippen molar-refractivity contribution in [1.82, 2.24) is 29.8 Å². The minimum Gasteiger partial charge on any atom is -0.343 e. The van der Waals surface area contributed by atoms with E-state index in [1.165, 1.54) is 23.4 Å². The number of piperidine rings is 1. The Bertz CT molecular complexity index is 787. The van der Waals surface area contributed by atoms with Gasteiger partial charge >= 0.3 is 0 Å². The van der Waals surface area contributed by atoms with Crippen molar-refractivity contribution in [1.29, 1.82) is 0 Å². The maximum atomic E-state index is 4.58. The molecule has 1 aliphatic rings. The summed E-state index contributed by atoms with van der Waals surface area (Å²) in [5.41, 5.74) is 5.00. The van der Waals surface area contributed by atoms with E-state index in [4.69, 9.17) is 0 Å². The molecule has 0 saturated carbocycles. The number of nitrogens with one attached hydrogen (secondary N) is 1. The first kappa shape index (κ1) is 16.4. The zero-order valence-electron chi connectivity index (χ0n) is 14.4. The number of rotatable bonds is 5. The van der Waals surface area contributed by atoms with Crippen LogP contribution in [0.25, 0.3) is 11.5 Å². The van der Waals surface area contributed by atoms with Gasteiger partial charge in [0.2, 0.25) is 0 Å². The predicted molar refractivity (Wildman–Crippen MR) is 98.2 cm³/mol. The van der Waals surface area contributed by atoms with Gasteiger partial charge in [0, 0.05) is 30.0 Å². The summed E-state index contributed by atoms with van der Waals surface area (Å²) >= 11 is 1.77. The van der Waals surface area contributed by atoms with Crippen molar-refractivity contribution in [2.75, 3.05) is 13.1 Å². The zero-order chi connectivity index (χ0) is 17.1. The topological polar surface area (TPSA) is 70.6 Å². The van der Waals surface area contributed by atoms with E-state index in [1.54, 1.807) is 23.7 Å². The molecule has 0 amide bonds. The van der Waals surface area contributed by atoms with Crippen LogP contribution in [0.15, 0.2) is 30.3 Å². The Kier molecular flexibility index (Phi) is 4.85. The molecule has 0 atom stereocenters. The van der Waals surface area contributed by atoms with Gasteiger partial charge in [-0.15, -0.1) is 11.3 Å². The van der Waals surface area contributed by atoms with Crippen LogP contribution < -0.4 is 0 Å². The van der Waals surface area contributed by atoms with Crippen molar-refractivity contribution < 1.29 is 0 Å². The van der Waals surface area contributed by atoms with Gasteiger partial charge in [0.15, 0.2) is 5.82 Å². The SMILES string of the molecule is Cc1ncsc1CN1CCC(Cc2cnc(-c3ncc[nH]3)cn2)CC1. The van der Waals surface area contributed by atoms with Crippen molar-refractivity contribution in [3.05, 3.63) is 46.6 Å². The lowest BCUT2D eigenvalue weighted by molar-refractivity contribution is 0.177. The van der Waals surface area contributed by atoms with E-state index in [0.29, 0.717) is 5.92 Å². The van der Waals surface area contributed by atoms with Crippen LogP contribution in [-0.4, -0.2) is 42.9 Å². The highest BCUT2D eigenvalue weighted by atomic mass is 32.1. The molecule has 6 nitrogen and oxygen atoms in total. The summed E-state index contributed by atoms with van der Waals surface area (Å²) in [5.74, 6) is 1.47. The Morgan fingerprint density at radius 3 is 2.68 bits per heavy atom. The Morgan fingerprint density at radius 1 is 1.16 bits per heavy atom. The second kappa shape index (κ2) is 7.41. The van der Waals surface area contributed by atoms with Crippen molar-refractivity contribution in [3.63, 3.8) is 0 Å². The van der Waals surface area contributed by atoms with Gasteiger partial charge in [0.25, 0.3) is 0 Å². The molecular weight excluding hydrogens is 332 g/mol. The maximum Gasteiger partial charge on any atom is 0.157 e. The molecule has 0 spiro atoms. The molecule has 0 bridgehead atoms. The van der Waals surface area contributed by atoms with Gasteiger partial charge in [-0.05, 0) is 45.2 Å². The van der Waals surface area contributed by atoms with E-state index in [2.05, 4.69) is 36.7 Å². The smallest absolute Gasteiger partial charge is 0.157 e. The van der Waals surface area contributed by atoms with Gasteiger partial charge in [0.05, 0.1) is 23.1 Å². The molecule has 4 rings (SSSR count). The number of hydrogen-bond donors (Lipinski definition) is 1. The largest absolute Gasteiger partial charge is 0.343 e. The number of aromatic amines is 1. The van der Waals surface area contributed by atoms with Crippen LogP contribution in [0.4, 0.5) is 0 Å². The molecule has 3 aromatic rings. The van der Waals surface area contributed by atoms with E-state index in [0.717, 1.165) is 43.3 Å². The molecule has 1 fully saturated rings. The van der Waals surface area contributed by atoms with Crippen LogP contribution in [0.1, 0.15) is 29.1 Å². The summed E-state index contributed by atoms with van der Waals surface area (Å²) < 4.78 is 0. The Hall–Kier alpha value is -2.12. The van der Waals surface area contributed by atoms with Crippen LogP contribution in [0.5, 0.6) is 0 Å². The summed E-state index contributed by atoms with van der Waals surface area (Å²) in [5, 5.41) is 0. The molecule has 3 aromatic heterocycles. The molecular formula is C18H22N6S. The van der Waals surface area contributed by atoms with E-state index in [1.807, 2.05) is 17.9 Å². The van der Waals surface area contributed by atoms with Crippen molar-refractivity contribution in [2.24, 2.45) is 5.92 Å². The fraction of sp³-hybridized carbons (Fsp3) is 0.444. The average molecular weight is 354 g/mol. The molecule has 1 aliphatic heterocycles. The van der Waals surface area contributed by atoms with E-state index < -0.39 is 0 Å². The summed E-state index contributed by atoms with van der Waals surface area (Å²) in [6, 6.07) is 0. The molecule has 25 heavy (non-hydrogen) atoms. The summed E-state index contributed by atoms with van der Waals surface area (Å²) in [4.78, 5) is 24.6. The monoisotopic (exact) mass is 354 g/mol.